The van der Waals surface area contributed by atoms with Gasteiger partial charge in [-0.1, -0.05) is 13.3 Å². The van der Waals surface area contributed by atoms with Crippen LogP contribution in [0.25, 0.3) is 0 Å². The quantitative estimate of drug-likeness (QED) is 0.836. The van der Waals surface area contributed by atoms with E-state index in [0.717, 1.165) is 29.7 Å². The van der Waals surface area contributed by atoms with E-state index in [1.807, 2.05) is 0 Å². The van der Waals surface area contributed by atoms with Crippen LogP contribution in [0.2, 0.25) is 0 Å². The molecule has 0 spiro atoms. The number of anilines is 1. The van der Waals surface area contributed by atoms with Crippen LogP contribution in [0, 0.1) is 5.92 Å². The van der Waals surface area contributed by atoms with E-state index in [4.69, 9.17) is 0 Å². The highest BCUT2D eigenvalue weighted by molar-refractivity contribution is 7.09. The number of aryl methyl sites for hydroxylation is 1. The third-order valence-electron chi connectivity index (χ3n) is 3.15. The van der Waals surface area contributed by atoms with Crippen molar-refractivity contribution in [2.24, 2.45) is 5.92 Å². The van der Waals surface area contributed by atoms with E-state index in [9.17, 15) is 0 Å². The van der Waals surface area contributed by atoms with E-state index in [-0.39, 0.29) is 0 Å². The molecule has 1 heterocycles. The third-order valence-corrected chi connectivity index (χ3v) is 3.83. The summed E-state index contributed by atoms with van der Waals surface area (Å²) in [6, 6.07) is 0.557. The Morgan fingerprint density at radius 2 is 2.33 bits per heavy atom. The van der Waals surface area contributed by atoms with Crippen molar-refractivity contribution in [1.82, 2.24) is 9.36 Å². The zero-order valence-corrected chi connectivity index (χ0v) is 10.3. The number of rotatable bonds is 5. The highest BCUT2D eigenvalue weighted by Crippen LogP contribution is 2.31. The van der Waals surface area contributed by atoms with Crippen molar-refractivity contribution < 1.29 is 0 Å². The second kappa shape index (κ2) is 4.92. The highest BCUT2D eigenvalue weighted by atomic mass is 32.1. The maximum atomic E-state index is 4.48. The molecule has 1 aliphatic carbocycles. The molecule has 84 valence electrons. The summed E-state index contributed by atoms with van der Waals surface area (Å²) in [5.74, 6) is 1.84. The predicted octanol–water partition coefficient (Wildman–Crippen LogP) is 3.09. The van der Waals surface area contributed by atoms with Crippen molar-refractivity contribution in [2.75, 3.05) is 5.32 Å². The SMILES string of the molecule is CCCc1nsc(NC(C)C2CCC2)n1. The first-order valence-corrected chi connectivity index (χ1v) is 6.66. The van der Waals surface area contributed by atoms with Gasteiger partial charge < -0.3 is 5.32 Å². The fraction of sp³-hybridized carbons (Fsp3) is 0.818. The summed E-state index contributed by atoms with van der Waals surface area (Å²) in [7, 11) is 0. The van der Waals surface area contributed by atoms with Gasteiger partial charge >= 0.3 is 0 Å². The summed E-state index contributed by atoms with van der Waals surface area (Å²) >= 11 is 1.50. The standard InChI is InChI=1S/C11H19N3S/c1-3-5-10-13-11(15-14-10)12-8(2)9-6-4-7-9/h8-9H,3-7H2,1-2H3,(H,12,13,14). The maximum Gasteiger partial charge on any atom is 0.202 e. The van der Waals surface area contributed by atoms with Gasteiger partial charge in [0.1, 0.15) is 5.82 Å². The van der Waals surface area contributed by atoms with E-state index in [1.165, 1.54) is 30.8 Å². The maximum absolute atomic E-state index is 4.48. The summed E-state index contributed by atoms with van der Waals surface area (Å²) in [4.78, 5) is 4.48. The second-order valence-corrected chi connectivity index (χ2v) is 5.14. The molecule has 2 rings (SSSR count). The lowest BCUT2D eigenvalue weighted by molar-refractivity contribution is 0.285. The molecular weight excluding hydrogens is 206 g/mol. The van der Waals surface area contributed by atoms with Crippen molar-refractivity contribution in [3.8, 4) is 0 Å². The monoisotopic (exact) mass is 225 g/mol. The number of nitrogens with one attached hydrogen (secondary N) is 1. The molecule has 1 saturated carbocycles. The topological polar surface area (TPSA) is 37.8 Å². The normalized spacial score (nSPS) is 18.5. The third kappa shape index (κ3) is 2.68. The molecule has 4 heteroatoms. The van der Waals surface area contributed by atoms with Gasteiger partial charge in [-0.2, -0.15) is 4.37 Å². The first-order chi connectivity index (χ1) is 7.29. The minimum absolute atomic E-state index is 0.557. The van der Waals surface area contributed by atoms with Crippen LogP contribution in [0.1, 0.15) is 45.4 Å². The minimum Gasteiger partial charge on any atom is -0.358 e. The number of nitrogens with zero attached hydrogens (tertiary/aromatic N) is 2. The smallest absolute Gasteiger partial charge is 0.202 e. The number of hydrogen-bond acceptors (Lipinski definition) is 4. The predicted molar refractivity (Wildman–Crippen MR) is 64.3 cm³/mol. The Kier molecular flexibility index (Phi) is 3.57. The average Bonchev–Trinajstić information content (AvgIpc) is 2.49. The minimum atomic E-state index is 0.557. The molecular formula is C11H19N3S. The molecule has 15 heavy (non-hydrogen) atoms. The van der Waals surface area contributed by atoms with Gasteiger partial charge in [0.05, 0.1) is 0 Å². The largest absolute Gasteiger partial charge is 0.358 e. The lowest BCUT2D eigenvalue weighted by atomic mass is 9.80. The van der Waals surface area contributed by atoms with Gasteiger partial charge in [0.15, 0.2) is 0 Å². The average molecular weight is 225 g/mol. The van der Waals surface area contributed by atoms with E-state index in [1.54, 1.807) is 0 Å². The second-order valence-electron chi connectivity index (χ2n) is 4.39. The summed E-state index contributed by atoms with van der Waals surface area (Å²) in [6.45, 7) is 4.41. The van der Waals surface area contributed by atoms with Gasteiger partial charge in [-0.3, -0.25) is 0 Å². The van der Waals surface area contributed by atoms with Crippen molar-refractivity contribution in [2.45, 2.75) is 52.0 Å². The van der Waals surface area contributed by atoms with E-state index >= 15 is 0 Å². The molecule has 1 aromatic heterocycles. The Hall–Kier alpha value is -0.640. The molecule has 0 aromatic carbocycles. The Morgan fingerprint density at radius 3 is 2.93 bits per heavy atom. The van der Waals surface area contributed by atoms with Crippen LogP contribution in [-0.4, -0.2) is 15.4 Å². The molecule has 1 N–H and O–H groups in total. The van der Waals surface area contributed by atoms with Gasteiger partial charge in [-0.25, -0.2) is 4.98 Å². The van der Waals surface area contributed by atoms with Crippen molar-refractivity contribution >= 4 is 16.7 Å². The molecule has 1 fully saturated rings. The Bertz CT molecular complexity index is 307. The lowest BCUT2D eigenvalue weighted by Crippen LogP contribution is -2.30. The fourth-order valence-corrected chi connectivity index (χ4v) is 2.60. The Morgan fingerprint density at radius 1 is 1.53 bits per heavy atom. The molecule has 0 bridgehead atoms. The van der Waals surface area contributed by atoms with Gasteiger partial charge in [0.2, 0.25) is 5.13 Å². The summed E-state index contributed by atoms with van der Waals surface area (Å²) < 4.78 is 4.33. The Labute approximate surface area is 95.5 Å². The van der Waals surface area contributed by atoms with Crippen molar-refractivity contribution in [3.05, 3.63) is 5.82 Å². The first-order valence-electron chi connectivity index (χ1n) is 5.88. The van der Waals surface area contributed by atoms with Crippen LogP contribution < -0.4 is 5.32 Å². The van der Waals surface area contributed by atoms with E-state index in [0.29, 0.717) is 6.04 Å². The molecule has 0 aliphatic heterocycles. The molecule has 1 aromatic rings. The fourth-order valence-electron chi connectivity index (χ4n) is 1.89. The van der Waals surface area contributed by atoms with E-state index < -0.39 is 0 Å². The molecule has 1 atom stereocenters. The van der Waals surface area contributed by atoms with Crippen LogP contribution in [0.4, 0.5) is 5.13 Å². The Balaban J connectivity index is 1.86. The highest BCUT2D eigenvalue weighted by Gasteiger charge is 2.24. The summed E-state index contributed by atoms with van der Waals surface area (Å²) in [5.41, 5.74) is 0. The van der Waals surface area contributed by atoms with Gasteiger partial charge in [0, 0.05) is 24.0 Å². The molecule has 3 nitrogen and oxygen atoms in total. The number of aromatic nitrogens is 2. The van der Waals surface area contributed by atoms with Gasteiger partial charge in [-0.05, 0) is 32.1 Å². The van der Waals surface area contributed by atoms with Crippen LogP contribution in [0.5, 0.6) is 0 Å². The van der Waals surface area contributed by atoms with Crippen LogP contribution in [0.15, 0.2) is 0 Å². The lowest BCUT2D eigenvalue weighted by Gasteiger charge is -2.31. The van der Waals surface area contributed by atoms with Crippen molar-refractivity contribution in [3.63, 3.8) is 0 Å². The molecule has 0 saturated heterocycles. The first kappa shape index (κ1) is 10.9. The van der Waals surface area contributed by atoms with Gasteiger partial charge in [-0.15, -0.1) is 0 Å². The van der Waals surface area contributed by atoms with Crippen LogP contribution >= 0.6 is 11.5 Å². The zero-order valence-electron chi connectivity index (χ0n) is 9.49. The van der Waals surface area contributed by atoms with E-state index in [2.05, 4.69) is 28.5 Å². The zero-order chi connectivity index (χ0) is 10.7. The van der Waals surface area contributed by atoms with Crippen LogP contribution in [-0.2, 0) is 6.42 Å². The number of hydrogen-bond donors (Lipinski definition) is 1. The molecule has 1 unspecified atom stereocenters. The molecule has 0 radical (unpaired) electrons. The van der Waals surface area contributed by atoms with Crippen LogP contribution in [0.3, 0.4) is 0 Å². The molecule has 1 aliphatic rings. The summed E-state index contributed by atoms with van der Waals surface area (Å²) in [6.07, 6.45) is 6.25. The van der Waals surface area contributed by atoms with Gasteiger partial charge in [0.25, 0.3) is 0 Å². The summed E-state index contributed by atoms with van der Waals surface area (Å²) in [5, 5.41) is 4.47. The molecule has 0 amide bonds. The van der Waals surface area contributed by atoms with Crippen molar-refractivity contribution in [1.29, 1.82) is 0 Å².